The van der Waals surface area contributed by atoms with Crippen molar-refractivity contribution in [1.29, 1.82) is 0 Å². The maximum Gasteiger partial charge on any atom is 0.177 e. The van der Waals surface area contributed by atoms with Crippen molar-refractivity contribution in [2.24, 2.45) is 10.1 Å². The first-order valence-electron chi connectivity index (χ1n) is 8.90. The smallest absolute Gasteiger partial charge is 0.177 e. The minimum Gasteiger partial charge on any atom is -0.341 e. The fraction of sp³-hybridized carbons (Fsp3) is 0.400. The molecule has 6 heteroatoms. The van der Waals surface area contributed by atoms with Gasteiger partial charge in [-0.15, -0.1) is 12.4 Å². The van der Waals surface area contributed by atoms with E-state index in [1.165, 1.54) is 35.4 Å². The van der Waals surface area contributed by atoms with Crippen LogP contribution in [0, 0.1) is 13.8 Å². The molecule has 1 aliphatic heterocycles. The lowest BCUT2D eigenvalue weighted by molar-refractivity contribution is 0.610. The molecule has 2 aromatic rings. The summed E-state index contributed by atoms with van der Waals surface area (Å²) >= 11 is 1.76. The Kier molecular flexibility index (Phi) is 5.78. The lowest BCUT2D eigenvalue weighted by Crippen LogP contribution is -2.26. The fourth-order valence-corrected chi connectivity index (χ4v) is 4.26. The van der Waals surface area contributed by atoms with Crippen molar-refractivity contribution in [3.05, 3.63) is 58.9 Å². The summed E-state index contributed by atoms with van der Waals surface area (Å²) in [5, 5.41) is 5.58. The van der Waals surface area contributed by atoms with Crippen molar-refractivity contribution < 1.29 is 0 Å². The first-order valence-corrected chi connectivity index (χ1v) is 9.89. The van der Waals surface area contributed by atoms with E-state index in [2.05, 4.69) is 77.3 Å². The minimum atomic E-state index is 0. The number of nitrogens with zero attached hydrogens (tertiary/aromatic N) is 3. The summed E-state index contributed by atoms with van der Waals surface area (Å²) in [7, 11) is 0. The normalized spacial score (nSPS) is 19.5. The Morgan fingerprint density at radius 2 is 1.96 bits per heavy atom. The monoisotopic (exact) mass is 388 g/mol. The van der Waals surface area contributed by atoms with E-state index >= 15 is 0 Å². The molecule has 0 radical (unpaired) electrons. The summed E-state index contributed by atoms with van der Waals surface area (Å²) in [6, 6.07) is 13.8. The largest absolute Gasteiger partial charge is 0.341 e. The van der Waals surface area contributed by atoms with Gasteiger partial charge in [-0.1, -0.05) is 42.1 Å². The molecule has 1 aliphatic carbocycles. The van der Waals surface area contributed by atoms with E-state index in [0.717, 1.165) is 16.6 Å². The molecule has 1 unspecified atom stereocenters. The van der Waals surface area contributed by atoms with Gasteiger partial charge in [-0.3, -0.25) is 10.4 Å². The summed E-state index contributed by atoms with van der Waals surface area (Å²) in [4.78, 5) is 4.64. The highest BCUT2D eigenvalue weighted by atomic mass is 35.5. The predicted molar refractivity (Wildman–Crippen MR) is 114 cm³/mol. The number of nitrogens with one attached hydrogen (secondary N) is 1. The first kappa shape index (κ1) is 19.1. The first-order chi connectivity index (χ1) is 12.1. The quantitative estimate of drug-likeness (QED) is 0.825. The van der Waals surface area contributed by atoms with Gasteiger partial charge in [-0.05, 0) is 45.2 Å². The molecule has 4 nitrogen and oxygen atoms in total. The summed E-state index contributed by atoms with van der Waals surface area (Å²) in [6.45, 7) is 6.64. The van der Waals surface area contributed by atoms with Crippen LogP contribution in [0.15, 0.2) is 46.5 Å². The van der Waals surface area contributed by atoms with Crippen molar-refractivity contribution >= 4 is 35.0 Å². The second-order valence-corrected chi connectivity index (χ2v) is 7.83. The Bertz CT molecular complexity index is 837. The van der Waals surface area contributed by atoms with Crippen LogP contribution in [-0.2, 0) is 0 Å². The lowest BCUT2D eigenvalue weighted by Gasteiger charge is -2.20. The van der Waals surface area contributed by atoms with E-state index in [1.54, 1.807) is 11.8 Å². The number of thioether (sulfide) groups is 1. The number of hydrogen-bond donors (Lipinski definition) is 1. The third-order valence-electron chi connectivity index (χ3n) is 4.94. The lowest BCUT2D eigenvalue weighted by atomic mass is 10.1. The molecule has 2 aliphatic rings. The SMILES string of the molecule is Cc1cc(C2=NNC(=NC3CC3)SC2)c(C)n1C(C)c1ccccc1.Cl. The number of halogens is 1. The van der Waals surface area contributed by atoms with Gasteiger partial charge >= 0.3 is 0 Å². The summed E-state index contributed by atoms with van der Waals surface area (Å²) in [6.07, 6.45) is 2.45. The molecular formula is C20H25ClN4S. The molecule has 1 aromatic carbocycles. The van der Waals surface area contributed by atoms with E-state index in [9.17, 15) is 0 Å². The zero-order valence-electron chi connectivity index (χ0n) is 15.4. The maximum atomic E-state index is 4.64. The highest BCUT2D eigenvalue weighted by molar-refractivity contribution is 8.14. The van der Waals surface area contributed by atoms with Crippen LogP contribution >= 0.6 is 24.2 Å². The van der Waals surface area contributed by atoms with Crippen LogP contribution in [0.5, 0.6) is 0 Å². The Balaban J connectivity index is 0.00000196. The number of hydrazone groups is 1. The van der Waals surface area contributed by atoms with E-state index < -0.39 is 0 Å². The fourth-order valence-electron chi connectivity index (χ4n) is 3.44. The number of aryl methyl sites for hydroxylation is 1. The molecule has 138 valence electrons. The molecule has 26 heavy (non-hydrogen) atoms. The van der Waals surface area contributed by atoms with E-state index in [1.807, 2.05) is 0 Å². The Labute approximate surface area is 165 Å². The number of benzene rings is 1. The summed E-state index contributed by atoms with van der Waals surface area (Å²) < 4.78 is 2.41. The topological polar surface area (TPSA) is 41.7 Å². The summed E-state index contributed by atoms with van der Waals surface area (Å²) in [5.41, 5.74) is 9.37. The van der Waals surface area contributed by atoms with Crippen LogP contribution in [0.1, 0.15) is 48.3 Å². The zero-order valence-corrected chi connectivity index (χ0v) is 17.0. The van der Waals surface area contributed by atoms with Gasteiger partial charge in [0.1, 0.15) is 0 Å². The van der Waals surface area contributed by atoms with Crippen LogP contribution in [0.25, 0.3) is 0 Å². The van der Waals surface area contributed by atoms with Crippen LogP contribution < -0.4 is 5.43 Å². The zero-order chi connectivity index (χ0) is 17.4. The Hall–Kier alpha value is -1.72. The van der Waals surface area contributed by atoms with Crippen molar-refractivity contribution in [2.75, 3.05) is 5.75 Å². The van der Waals surface area contributed by atoms with E-state index in [0.29, 0.717) is 12.1 Å². The molecule has 0 bridgehead atoms. The Morgan fingerprint density at radius 1 is 1.23 bits per heavy atom. The molecule has 4 rings (SSSR count). The van der Waals surface area contributed by atoms with Gasteiger partial charge in [0.05, 0.1) is 17.8 Å². The molecule has 0 amide bonds. The highest BCUT2D eigenvalue weighted by Gasteiger charge is 2.24. The highest BCUT2D eigenvalue weighted by Crippen LogP contribution is 2.28. The van der Waals surface area contributed by atoms with Gasteiger partial charge in [0.2, 0.25) is 0 Å². The molecule has 1 atom stereocenters. The molecule has 1 N–H and O–H groups in total. The number of aliphatic imine (C=N–C) groups is 1. The second kappa shape index (κ2) is 7.89. The van der Waals surface area contributed by atoms with Crippen molar-refractivity contribution in [1.82, 2.24) is 9.99 Å². The van der Waals surface area contributed by atoms with Gasteiger partial charge in [0.25, 0.3) is 0 Å². The standard InChI is InChI=1S/C20H24N4S.ClH/c1-13-11-18(19-12-25-20(23-22-19)21-17-9-10-17)15(3)24(13)14(2)16-7-5-4-6-8-16;/h4-8,11,14,17H,9-10,12H2,1-3H3,(H,21,23);1H. The molecule has 2 heterocycles. The van der Waals surface area contributed by atoms with Crippen LogP contribution in [0.2, 0.25) is 0 Å². The molecule has 1 aromatic heterocycles. The second-order valence-electron chi connectivity index (χ2n) is 6.87. The molecule has 1 fully saturated rings. The van der Waals surface area contributed by atoms with Gasteiger partial charge < -0.3 is 4.57 Å². The molecule has 1 saturated carbocycles. The molecular weight excluding hydrogens is 364 g/mol. The van der Waals surface area contributed by atoms with Crippen LogP contribution in [-0.4, -0.2) is 27.2 Å². The van der Waals surface area contributed by atoms with Crippen molar-refractivity contribution in [2.45, 2.75) is 45.7 Å². The number of hydrogen-bond acceptors (Lipinski definition) is 3. The summed E-state index contributed by atoms with van der Waals surface area (Å²) in [5.74, 6) is 0.878. The average Bonchev–Trinajstić information content (AvgIpc) is 3.40. The minimum absolute atomic E-state index is 0. The average molecular weight is 389 g/mol. The molecule has 0 spiro atoms. The predicted octanol–water partition coefficient (Wildman–Crippen LogP) is 4.69. The van der Waals surface area contributed by atoms with Crippen molar-refractivity contribution in [3.63, 3.8) is 0 Å². The Morgan fingerprint density at radius 3 is 2.58 bits per heavy atom. The van der Waals surface area contributed by atoms with Crippen LogP contribution in [0.4, 0.5) is 0 Å². The van der Waals surface area contributed by atoms with E-state index in [4.69, 9.17) is 0 Å². The maximum absolute atomic E-state index is 4.64. The number of aromatic nitrogens is 1. The third kappa shape index (κ3) is 3.84. The van der Waals surface area contributed by atoms with Crippen molar-refractivity contribution in [3.8, 4) is 0 Å². The molecule has 0 saturated heterocycles. The van der Waals surface area contributed by atoms with Gasteiger partial charge in [-0.2, -0.15) is 5.10 Å². The van der Waals surface area contributed by atoms with Gasteiger partial charge in [-0.25, -0.2) is 0 Å². The number of rotatable bonds is 4. The van der Waals surface area contributed by atoms with Gasteiger partial charge in [0.15, 0.2) is 5.17 Å². The van der Waals surface area contributed by atoms with E-state index in [-0.39, 0.29) is 12.4 Å². The van der Waals surface area contributed by atoms with Gasteiger partial charge in [0, 0.05) is 22.7 Å². The third-order valence-corrected chi connectivity index (χ3v) is 5.83. The van der Waals surface area contributed by atoms with Crippen LogP contribution in [0.3, 0.4) is 0 Å². The number of amidine groups is 1.